The van der Waals surface area contributed by atoms with Crippen molar-refractivity contribution in [2.45, 2.75) is 79.4 Å². The highest BCUT2D eigenvalue weighted by molar-refractivity contribution is 5.98. The first kappa shape index (κ1) is 18.0. The first-order chi connectivity index (χ1) is 7.83. The molecule has 0 aromatic heterocycles. The molecule has 0 saturated carbocycles. The fourth-order valence-corrected chi connectivity index (χ4v) is 1.55. The summed E-state index contributed by atoms with van der Waals surface area (Å²) < 4.78 is 10.2. The lowest BCUT2D eigenvalue weighted by Gasteiger charge is -2.46. The Bertz CT molecular complexity index is 243. The summed E-state index contributed by atoms with van der Waals surface area (Å²) in [7, 11) is 10.8. The lowest BCUT2D eigenvalue weighted by Crippen LogP contribution is -2.45. The average Bonchev–Trinajstić information content (AvgIpc) is 2.26. The number of hydrogen-bond donors (Lipinski definition) is 0. The summed E-state index contributed by atoms with van der Waals surface area (Å²) in [4.78, 5) is 0. The molecule has 0 N–H and O–H groups in total. The molecule has 102 valence electrons. The van der Waals surface area contributed by atoms with E-state index in [1.807, 2.05) is 27.7 Å². The summed E-state index contributed by atoms with van der Waals surface area (Å²) in [6, 6.07) is 0. The Morgan fingerprint density at radius 1 is 0.611 bits per heavy atom. The molecule has 0 unspecified atom stereocenters. The van der Waals surface area contributed by atoms with Gasteiger partial charge in [-0.15, -0.1) is 0 Å². The van der Waals surface area contributed by atoms with Gasteiger partial charge in [0.2, 0.25) is 0 Å². The molecular weight excluding hydrogens is 222 g/mol. The molecule has 0 fully saturated rings. The van der Waals surface area contributed by atoms with Gasteiger partial charge in [0.25, 0.3) is 16.1 Å². The van der Waals surface area contributed by atoms with E-state index >= 15 is 0 Å². The Morgan fingerprint density at radius 3 is 1.00 bits per heavy atom. The third kappa shape index (κ3) is 3.77. The topological polar surface area (TPSA) is 18.5 Å². The first-order valence-corrected chi connectivity index (χ1v) is 6.59. The van der Waals surface area contributed by atoms with Crippen LogP contribution < -0.4 is 0 Å². The maximum Gasteiger partial charge on any atom is 0.283 e. The smallest absolute Gasteiger partial charge is 0.283 e. The van der Waals surface area contributed by atoms with Gasteiger partial charge in [0.1, 0.15) is 0 Å². The van der Waals surface area contributed by atoms with Crippen molar-refractivity contribution in [3.63, 3.8) is 0 Å². The van der Waals surface area contributed by atoms with E-state index in [0.717, 1.165) is 12.8 Å². The standard InChI is InChI=1S/C14H28B2O2/c1-11(2,13(5,6)17-15)9-10-12(3,4)14(7,8)18-16/h9-10H2,1-8H3. The van der Waals surface area contributed by atoms with E-state index in [-0.39, 0.29) is 22.0 Å². The molecule has 0 atom stereocenters. The lowest BCUT2D eigenvalue weighted by molar-refractivity contribution is -0.0458. The Kier molecular flexibility index (Phi) is 5.60. The summed E-state index contributed by atoms with van der Waals surface area (Å²) >= 11 is 0. The van der Waals surface area contributed by atoms with E-state index in [4.69, 9.17) is 25.4 Å². The van der Waals surface area contributed by atoms with E-state index in [9.17, 15) is 0 Å². The lowest BCUT2D eigenvalue weighted by atomic mass is 9.66. The van der Waals surface area contributed by atoms with Gasteiger partial charge < -0.3 is 9.31 Å². The molecule has 0 bridgehead atoms. The van der Waals surface area contributed by atoms with Crippen molar-refractivity contribution in [3.05, 3.63) is 0 Å². The molecule has 0 aliphatic carbocycles. The van der Waals surface area contributed by atoms with Crippen LogP contribution in [0, 0.1) is 10.8 Å². The van der Waals surface area contributed by atoms with E-state index < -0.39 is 0 Å². The zero-order chi connectivity index (χ0) is 14.8. The molecule has 18 heavy (non-hydrogen) atoms. The zero-order valence-electron chi connectivity index (χ0n) is 13.4. The fraction of sp³-hybridized carbons (Fsp3) is 1.00. The van der Waals surface area contributed by atoms with Gasteiger partial charge in [-0.2, -0.15) is 0 Å². The highest BCUT2D eigenvalue weighted by Gasteiger charge is 2.41. The molecule has 2 nitrogen and oxygen atoms in total. The predicted molar refractivity (Wildman–Crippen MR) is 78.6 cm³/mol. The second kappa shape index (κ2) is 5.58. The van der Waals surface area contributed by atoms with Gasteiger partial charge >= 0.3 is 0 Å². The van der Waals surface area contributed by atoms with Crippen LogP contribution in [0.25, 0.3) is 0 Å². The summed E-state index contributed by atoms with van der Waals surface area (Å²) in [5, 5.41) is 0. The minimum atomic E-state index is -0.364. The molecule has 0 rings (SSSR count). The molecule has 0 spiro atoms. The van der Waals surface area contributed by atoms with Gasteiger partial charge in [-0.05, 0) is 51.4 Å². The van der Waals surface area contributed by atoms with Crippen LogP contribution in [0.5, 0.6) is 0 Å². The second-order valence-corrected chi connectivity index (χ2v) is 7.52. The molecule has 4 heteroatoms. The Labute approximate surface area is 116 Å². The van der Waals surface area contributed by atoms with Crippen molar-refractivity contribution in [3.8, 4) is 0 Å². The van der Waals surface area contributed by atoms with Gasteiger partial charge in [-0.3, -0.25) is 0 Å². The van der Waals surface area contributed by atoms with Crippen molar-refractivity contribution < 1.29 is 9.31 Å². The maximum atomic E-state index is 5.40. The molecule has 0 aliphatic rings. The first-order valence-electron chi connectivity index (χ1n) is 6.59. The molecule has 0 aromatic rings. The minimum Gasteiger partial charge on any atom is -0.442 e. The van der Waals surface area contributed by atoms with Crippen LogP contribution in [0.2, 0.25) is 0 Å². The van der Waals surface area contributed by atoms with Crippen molar-refractivity contribution in [2.75, 3.05) is 0 Å². The van der Waals surface area contributed by atoms with Gasteiger partial charge in [-0.1, -0.05) is 27.7 Å². The van der Waals surface area contributed by atoms with Gasteiger partial charge in [0.15, 0.2) is 0 Å². The summed E-state index contributed by atoms with van der Waals surface area (Å²) in [5.74, 6) is 0. The van der Waals surface area contributed by atoms with Crippen molar-refractivity contribution in [2.24, 2.45) is 10.8 Å². The van der Waals surface area contributed by atoms with Crippen LogP contribution in [0.1, 0.15) is 68.2 Å². The summed E-state index contributed by atoms with van der Waals surface area (Å²) in [6.07, 6.45) is 1.97. The summed E-state index contributed by atoms with van der Waals surface area (Å²) in [6.45, 7) is 16.8. The van der Waals surface area contributed by atoms with E-state index in [2.05, 4.69) is 27.7 Å². The van der Waals surface area contributed by atoms with E-state index in [1.165, 1.54) is 0 Å². The molecule has 0 saturated heterocycles. The highest BCUT2D eigenvalue weighted by Crippen LogP contribution is 2.44. The molecule has 0 aliphatic heterocycles. The normalized spacial score (nSPS) is 14.9. The summed E-state index contributed by atoms with van der Waals surface area (Å²) in [5.41, 5.74) is -0.777. The minimum absolute atomic E-state index is 0.0241. The Hall–Kier alpha value is 0.0499. The van der Waals surface area contributed by atoms with Gasteiger partial charge in [-0.25, -0.2) is 0 Å². The van der Waals surface area contributed by atoms with Crippen LogP contribution in [0.4, 0.5) is 0 Å². The fourth-order valence-electron chi connectivity index (χ4n) is 1.55. The zero-order valence-corrected chi connectivity index (χ0v) is 13.4. The van der Waals surface area contributed by atoms with Gasteiger partial charge in [0.05, 0.1) is 0 Å². The van der Waals surface area contributed by atoms with E-state index in [0.29, 0.717) is 0 Å². The molecule has 0 aromatic carbocycles. The average molecular weight is 250 g/mol. The Morgan fingerprint density at radius 2 is 0.833 bits per heavy atom. The SMILES string of the molecule is [B]OC(C)(C)C(C)(C)CCC(C)(C)C(C)(C)O[B]. The van der Waals surface area contributed by atoms with Crippen LogP contribution in [-0.2, 0) is 9.31 Å². The van der Waals surface area contributed by atoms with Crippen LogP contribution in [0.3, 0.4) is 0 Å². The number of rotatable bonds is 7. The Balaban J connectivity index is 4.77. The second-order valence-electron chi connectivity index (χ2n) is 7.52. The third-order valence-electron chi connectivity index (χ3n) is 5.22. The van der Waals surface area contributed by atoms with E-state index in [1.54, 1.807) is 0 Å². The number of hydrogen-bond acceptors (Lipinski definition) is 2. The highest BCUT2D eigenvalue weighted by atomic mass is 16.4. The molecule has 0 heterocycles. The van der Waals surface area contributed by atoms with Crippen LogP contribution in [0.15, 0.2) is 0 Å². The molecule has 4 radical (unpaired) electrons. The van der Waals surface area contributed by atoms with Crippen molar-refractivity contribution in [1.82, 2.24) is 0 Å². The van der Waals surface area contributed by atoms with Gasteiger partial charge in [0, 0.05) is 11.2 Å². The predicted octanol–water partition coefficient (Wildman–Crippen LogP) is 3.58. The van der Waals surface area contributed by atoms with Crippen LogP contribution >= 0.6 is 0 Å². The largest absolute Gasteiger partial charge is 0.442 e. The molecule has 0 amide bonds. The molecular formula is C14H28B2O2. The third-order valence-corrected chi connectivity index (χ3v) is 5.22. The van der Waals surface area contributed by atoms with Crippen LogP contribution in [-0.4, -0.2) is 27.3 Å². The monoisotopic (exact) mass is 250 g/mol. The maximum absolute atomic E-state index is 5.40. The quantitative estimate of drug-likeness (QED) is 0.643. The van der Waals surface area contributed by atoms with Crippen molar-refractivity contribution in [1.29, 1.82) is 0 Å². The van der Waals surface area contributed by atoms with Crippen molar-refractivity contribution >= 4 is 16.1 Å².